The van der Waals surface area contributed by atoms with Crippen LogP contribution in [0.5, 0.6) is 0 Å². The smallest absolute Gasteiger partial charge is 0.241 e. The van der Waals surface area contributed by atoms with E-state index in [1.165, 1.54) is 6.42 Å². The van der Waals surface area contributed by atoms with Crippen molar-refractivity contribution in [1.29, 1.82) is 0 Å². The molecule has 1 fully saturated rings. The second-order valence-corrected chi connectivity index (χ2v) is 6.60. The van der Waals surface area contributed by atoms with Gasteiger partial charge in [0.15, 0.2) is 0 Å². The number of halogens is 1. The summed E-state index contributed by atoms with van der Waals surface area (Å²) in [5, 5.41) is 4.77. The Morgan fingerprint density at radius 3 is 2.52 bits per heavy atom. The van der Waals surface area contributed by atoms with Crippen LogP contribution >= 0.6 is 11.6 Å². The van der Waals surface area contributed by atoms with E-state index in [0.29, 0.717) is 16.7 Å². The Hall–Kier alpha value is -1.39. The van der Waals surface area contributed by atoms with Crippen molar-refractivity contribution in [2.24, 2.45) is 11.8 Å². The molecule has 5 heteroatoms. The molecule has 1 saturated heterocycles. The van der Waals surface area contributed by atoms with E-state index in [2.05, 4.69) is 28.9 Å². The summed E-state index contributed by atoms with van der Waals surface area (Å²) in [5.41, 5.74) is 0.926. The van der Waals surface area contributed by atoms with Crippen LogP contribution in [0.3, 0.4) is 0 Å². The zero-order valence-corrected chi connectivity index (χ0v) is 13.2. The lowest BCUT2D eigenvalue weighted by Crippen LogP contribution is -2.38. The van der Waals surface area contributed by atoms with Crippen molar-refractivity contribution >= 4 is 11.6 Å². The van der Waals surface area contributed by atoms with Gasteiger partial charge in [-0.2, -0.15) is 4.98 Å². The van der Waals surface area contributed by atoms with Gasteiger partial charge in [-0.05, 0) is 42.5 Å². The molecule has 1 aromatic heterocycles. The van der Waals surface area contributed by atoms with Crippen LogP contribution in [0, 0.1) is 11.8 Å². The fourth-order valence-corrected chi connectivity index (χ4v) is 3.27. The zero-order valence-electron chi connectivity index (χ0n) is 12.4. The Morgan fingerprint density at radius 1 is 1.19 bits per heavy atom. The monoisotopic (exact) mass is 305 g/mol. The molecule has 112 valence electrons. The molecule has 0 amide bonds. The van der Waals surface area contributed by atoms with Gasteiger partial charge in [0.1, 0.15) is 0 Å². The highest BCUT2D eigenvalue weighted by molar-refractivity contribution is 6.30. The third-order valence-electron chi connectivity index (χ3n) is 3.87. The molecule has 0 unspecified atom stereocenters. The molecule has 3 rings (SSSR count). The van der Waals surface area contributed by atoms with Crippen LogP contribution in [0.2, 0.25) is 5.02 Å². The SMILES string of the molecule is C[C@@H]1C[C@H](C)CN(Cc2nc(-c3ccc(Cl)cc3)no2)C1. The Morgan fingerprint density at radius 2 is 1.86 bits per heavy atom. The molecule has 0 radical (unpaired) electrons. The van der Waals surface area contributed by atoms with Crippen molar-refractivity contribution in [2.75, 3.05) is 13.1 Å². The first-order valence-electron chi connectivity index (χ1n) is 7.41. The summed E-state index contributed by atoms with van der Waals surface area (Å²) in [6.07, 6.45) is 1.30. The average molecular weight is 306 g/mol. The van der Waals surface area contributed by atoms with Crippen LogP contribution in [-0.4, -0.2) is 28.1 Å². The summed E-state index contributed by atoms with van der Waals surface area (Å²) in [6, 6.07) is 7.48. The Balaban J connectivity index is 1.69. The minimum atomic E-state index is 0.625. The van der Waals surface area contributed by atoms with Crippen molar-refractivity contribution in [1.82, 2.24) is 15.0 Å². The van der Waals surface area contributed by atoms with Gasteiger partial charge >= 0.3 is 0 Å². The van der Waals surface area contributed by atoms with Crippen molar-refractivity contribution in [3.8, 4) is 11.4 Å². The van der Waals surface area contributed by atoms with Gasteiger partial charge < -0.3 is 4.52 Å². The van der Waals surface area contributed by atoms with E-state index in [4.69, 9.17) is 16.1 Å². The lowest BCUT2D eigenvalue weighted by atomic mass is 9.92. The number of piperidine rings is 1. The second-order valence-electron chi connectivity index (χ2n) is 6.16. The van der Waals surface area contributed by atoms with Crippen LogP contribution in [-0.2, 0) is 6.54 Å². The Labute approximate surface area is 130 Å². The molecule has 1 aliphatic heterocycles. The third-order valence-corrected chi connectivity index (χ3v) is 4.13. The molecule has 0 aliphatic carbocycles. The van der Waals surface area contributed by atoms with E-state index in [1.54, 1.807) is 0 Å². The van der Waals surface area contributed by atoms with E-state index in [0.717, 1.165) is 37.0 Å². The predicted octanol–water partition coefficient (Wildman–Crippen LogP) is 3.87. The Bertz CT molecular complexity index is 586. The maximum atomic E-state index is 5.89. The van der Waals surface area contributed by atoms with Crippen LogP contribution < -0.4 is 0 Å². The molecule has 21 heavy (non-hydrogen) atoms. The summed E-state index contributed by atoms with van der Waals surface area (Å²) in [4.78, 5) is 6.89. The van der Waals surface area contributed by atoms with Crippen molar-refractivity contribution < 1.29 is 4.52 Å². The number of nitrogens with zero attached hydrogens (tertiary/aromatic N) is 3. The molecular weight excluding hydrogens is 286 g/mol. The van der Waals surface area contributed by atoms with Gasteiger partial charge in [-0.15, -0.1) is 0 Å². The van der Waals surface area contributed by atoms with E-state index in [1.807, 2.05) is 24.3 Å². The number of rotatable bonds is 3. The topological polar surface area (TPSA) is 42.2 Å². The van der Waals surface area contributed by atoms with Gasteiger partial charge in [-0.1, -0.05) is 30.6 Å². The lowest BCUT2D eigenvalue weighted by molar-refractivity contribution is 0.121. The number of hydrogen-bond acceptors (Lipinski definition) is 4. The van der Waals surface area contributed by atoms with E-state index in [-0.39, 0.29) is 0 Å². The van der Waals surface area contributed by atoms with E-state index >= 15 is 0 Å². The van der Waals surface area contributed by atoms with Crippen LogP contribution in [0.15, 0.2) is 28.8 Å². The highest BCUT2D eigenvalue weighted by Gasteiger charge is 2.23. The highest BCUT2D eigenvalue weighted by atomic mass is 35.5. The van der Waals surface area contributed by atoms with E-state index in [9.17, 15) is 0 Å². The number of hydrogen-bond donors (Lipinski definition) is 0. The fourth-order valence-electron chi connectivity index (χ4n) is 3.15. The first kappa shape index (κ1) is 14.5. The van der Waals surface area contributed by atoms with Crippen molar-refractivity contribution in [2.45, 2.75) is 26.8 Å². The summed E-state index contributed by atoms with van der Waals surface area (Å²) in [5.74, 6) is 2.76. The average Bonchev–Trinajstić information content (AvgIpc) is 2.87. The lowest BCUT2D eigenvalue weighted by Gasteiger charge is -2.33. The maximum absolute atomic E-state index is 5.89. The standard InChI is InChI=1S/C16H20ClN3O/c1-11-7-12(2)9-20(8-11)10-15-18-16(19-21-15)13-3-5-14(17)6-4-13/h3-6,11-12H,7-10H2,1-2H3/t11-,12+. The largest absolute Gasteiger partial charge is 0.338 e. The third kappa shape index (κ3) is 3.63. The molecule has 1 aliphatic rings. The van der Waals surface area contributed by atoms with Crippen LogP contribution in [0.1, 0.15) is 26.2 Å². The molecule has 4 nitrogen and oxygen atoms in total. The van der Waals surface area contributed by atoms with Crippen LogP contribution in [0.4, 0.5) is 0 Å². The first-order chi connectivity index (χ1) is 10.1. The highest BCUT2D eigenvalue weighted by Crippen LogP contribution is 2.23. The summed E-state index contributed by atoms with van der Waals surface area (Å²) < 4.78 is 5.39. The summed E-state index contributed by atoms with van der Waals surface area (Å²) in [7, 11) is 0. The second kappa shape index (κ2) is 6.16. The molecule has 1 aromatic carbocycles. The summed E-state index contributed by atoms with van der Waals surface area (Å²) >= 11 is 5.89. The van der Waals surface area contributed by atoms with Gasteiger partial charge in [-0.3, -0.25) is 4.90 Å². The number of benzene rings is 1. The number of likely N-dealkylation sites (tertiary alicyclic amines) is 1. The first-order valence-corrected chi connectivity index (χ1v) is 7.79. The Kier molecular flexibility index (Phi) is 4.27. The van der Waals surface area contributed by atoms with Crippen LogP contribution in [0.25, 0.3) is 11.4 Å². The van der Waals surface area contributed by atoms with Gasteiger partial charge in [0.2, 0.25) is 11.7 Å². The minimum Gasteiger partial charge on any atom is -0.338 e. The molecular formula is C16H20ClN3O. The minimum absolute atomic E-state index is 0.625. The molecule has 2 atom stereocenters. The predicted molar refractivity (Wildman–Crippen MR) is 83.0 cm³/mol. The summed E-state index contributed by atoms with van der Waals surface area (Å²) in [6.45, 7) is 7.53. The molecule has 2 heterocycles. The molecule has 0 N–H and O–H groups in total. The van der Waals surface area contributed by atoms with E-state index < -0.39 is 0 Å². The van der Waals surface area contributed by atoms with Gasteiger partial charge in [-0.25, -0.2) is 0 Å². The molecule has 0 saturated carbocycles. The van der Waals surface area contributed by atoms with Gasteiger partial charge in [0, 0.05) is 23.7 Å². The molecule has 0 spiro atoms. The molecule has 2 aromatic rings. The number of aromatic nitrogens is 2. The maximum Gasteiger partial charge on any atom is 0.241 e. The van der Waals surface area contributed by atoms with Crippen molar-refractivity contribution in [3.63, 3.8) is 0 Å². The molecule has 0 bridgehead atoms. The quantitative estimate of drug-likeness (QED) is 0.863. The normalized spacial score (nSPS) is 23.4. The van der Waals surface area contributed by atoms with Crippen molar-refractivity contribution in [3.05, 3.63) is 35.2 Å². The zero-order chi connectivity index (χ0) is 14.8. The van der Waals surface area contributed by atoms with Gasteiger partial charge in [0.25, 0.3) is 0 Å². The van der Waals surface area contributed by atoms with Gasteiger partial charge in [0.05, 0.1) is 6.54 Å². The fraction of sp³-hybridized carbons (Fsp3) is 0.500.